The summed E-state index contributed by atoms with van der Waals surface area (Å²) in [6, 6.07) is 15.9. The van der Waals surface area contributed by atoms with Crippen LogP contribution in [0.15, 0.2) is 54.9 Å². The fourth-order valence-corrected chi connectivity index (χ4v) is 2.52. The highest BCUT2D eigenvalue weighted by Gasteiger charge is 2.05. The minimum atomic E-state index is 0.0266. The predicted octanol–water partition coefficient (Wildman–Crippen LogP) is 1.87. The lowest BCUT2D eigenvalue weighted by atomic mass is 10.1. The Bertz CT molecular complexity index is 797. The summed E-state index contributed by atoms with van der Waals surface area (Å²) in [4.78, 5) is 12.1. The molecule has 0 aliphatic rings. The van der Waals surface area contributed by atoms with Crippen LogP contribution in [-0.2, 0) is 17.6 Å². The molecular formula is C18H19N5O. The molecule has 0 saturated carbocycles. The molecule has 1 amide bonds. The van der Waals surface area contributed by atoms with Crippen LogP contribution >= 0.6 is 0 Å². The average Bonchev–Trinajstić information content (AvgIpc) is 3.12. The maximum Gasteiger partial charge on any atom is 0.224 e. The molecule has 6 heteroatoms. The lowest BCUT2D eigenvalue weighted by Crippen LogP contribution is -2.27. The third-order valence-electron chi connectivity index (χ3n) is 3.89. The van der Waals surface area contributed by atoms with Crippen molar-refractivity contribution in [3.8, 4) is 5.69 Å². The highest BCUT2D eigenvalue weighted by Crippen LogP contribution is 2.09. The molecule has 0 saturated heterocycles. The Morgan fingerprint density at radius 3 is 2.62 bits per heavy atom. The molecule has 0 fully saturated rings. The van der Waals surface area contributed by atoms with Gasteiger partial charge < -0.3 is 5.32 Å². The number of amides is 1. The fourth-order valence-electron chi connectivity index (χ4n) is 2.52. The average molecular weight is 321 g/mol. The number of aryl methyl sites for hydroxylation is 1. The van der Waals surface area contributed by atoms with Gasteiger partial charge >= 0.3 is 0 Å². The first-order valence-electron chi connectivity index (χ1n) is 7.86. The van der Waals surface area contributed by atoms with Crippen LogP contribution in [0.2, 0.25) is 0 Å². The Hall–Kier alpha value is -3.02. The first-order valence-corrected chi connectivity index (χ1v) is 7.86. The molecule has 0 unspecified atom stereocenters. The number of nitrogens with one attached hydrogen (secondary N) is 1. The van der Waals surface area contributed by atoms with Crippen LogP contribution in [0.4, 0.5) is 0 Å². The molecule has 0 radical (unpaired) electrons. The zero-order valence-electron chi connectivity index (χ0n) is 13.5. The smallest absolute Gasteiger partial charge is 0.224 e. The number of tetrazole rings is 1. The van der Waals surface area contributed by atoms with Crippen LogP contribution in [0.1, 0.15) is 16.7 Å². The van der Waals surface area contributed by atoms with Crippen molar-refractivity contribution >= 4 is 5.91 Å². The number of carbonyl (C=O) groups excluding carboxylic acids is 1. The largest absolute Gasteiger partial charge is 0.355 e. The van der Waals surface area contributed by atoms with Crippen molar-refractivity contribution in [3.05, 3.63) is 71.5 Å². The van der Waals surface area contributed by atoms with E-state index in [2.05, 4.69) is 39.9 Å². The van der Waals surface area contributed by atoms with E-state index in [9.17, 15) is 4.79 Å². The van der Waals surface area contributed by atoms with E-state index in [1.807, 2.05) is 36.4 Å². The van der Waals surface area contributed by atoms with Crippen molar-refractivity contribution in [3.63, 3.8) is 0 Å². The standard InChI is InChI=1S/C18H19N5O/c1-14-4-2-3-5-16(14)10-11-19-18(24)12-15-6-8-17(9-7-15)23-13-20-21-22-23/h2-9,13H,10-12H2,1H3,(H,19,24). The summed E-state index contributed by atoms with van der Waals surface area (Å²) < 4.78 is 1.58. The summed E-state index contributed by atoms with van der Waals surface area (Å²) in [6.45, 7) is 2.73. The van der Waals surface area contributed by atoms with Gasteiger partial charge in [0.25, 0.3) is 0 Å². The molecule has 24 heavy (non-hydrogen) atoms. The van der Waals surface area contributed by atoms with Gasteiger partial charge in [0.1, 0.15) is 6.33 Å². The number of benzene rings is 2. The van der Waals surface area contributed by atoms with Crippen LogP contribution in [0.25, 0.3) is 5.69 Å². The summed E-state index contributed by atoms with van der Waals surface area (Å²) in [5.41, 5.74) is 4.34. The summed E-state index contributed by atoms with van der Waals surface area (Å²) >= 11 is 0. The third-order valence-corrected chi connectivity index (χ3v) is 3.89. The molecule has 0 bridgehead atoms. The highest BCUT2D eigenvalue weighted by molar-refractivity contribution is 5.78. The molecule has 3 aromatic rings. The molecule has 0 atom stereocenters. The Balaban J connectivity index is 1.49. The molecule has 1 heterocycles. The number of rotatable bonds is 6. The second-order valence-corrected chi connectivity index (χ2v) is 5.62. The molecule has 3 rings (SSSR count). The molecule has 0 aliphatic carbocycles. The third kappa shape index (κ3) is 4.04. The number of hydrogen-bond acceptors (Lipinski definition) is 4. The van der Waals surface area contributed by atoms with Gasteiger partial charge in [-0.05, 0) is 52.6 Å². The Labute approximate surface area is 140 Å². The molecule has 122 valence electrons. The van der Waals surface area contributed by atoms with Gasteiger partial charge in [0, 0.05) is 6.54 Å². The van der Waals surface area contributed by atoms with Crippen molar-refractivity contribution in [1.82, 2.24) is 25.5 Å². The van der Waals surface area contributed by atoms with Gasteiger partial charge in [0.2, 0.25) is 5.91 Å². The van der Waals surface area contributed by atoms with E-state index >= 15 is 0 Å². The Morgan fingerprint density at radius 1 is 1.12 bits per heavy atom. The normalized spacial score (nSPS) is 10.5. The van der Waals surface area contributed by atoms with E-state index in [4.69, 9.17) is 0 Å². The first-order chi connectivity index (χ1) is 11.7. The summed E-state index contributed by atoms with van der Waals surface area (Å²) in [5.74, 6) is 0.0266. The van der Waals surface area contributed by atoms with Crippen molar-refractivity contribution < 1.29 is 4.79 Å². The molecule has 6 nitrogen and oxygen atoms in total. The van der Waals surface area contributed by atoms with Gasteiger partial charge in [-0.3, -0.25) is 4.79 Å². The molecule has 0 spiro atoms. The number of aromatic nitrogens is 4. The maximum absolute atomic E-state index is 12.1. The fraction of sp³-hybridized carbons (Fsp3) is 0.222. The molecular weight excluding hydrogens is 302 g/mol. The molecule has 2 aromatic carbocycles. The Kier molecular flexibility index (Phi) is 4.96. The molecule has 1 aromatic heterocycles. The van der Waals surface area contributed by atoms with E-state index in [1.165, 1.54) is 17.5 Å². The van der Waals surface area contributed by atoms with Gasteiger partial charge in [-0.15, -0.1) is 5.10 Å². The minimum Gasteiger partial charge on any atom is -0.355 e. The van der Waals surface area contributed by atoms with Crippen molar-refractivity contribution in [1.29, 1.82) is 0 Å². The van der Waals surface area contributed by atoms with Crippen LogP contribution < -0.4 is 5.32 Å². The van der Waals surface area contributed by atoms with Crippen LogP contribution in [0.5, 0.6) is 0 Å². The zero-order valence-corrected chi connectivity index (χ0v) is 13.5. The lowest BCUT2D eigenvalue weighted by Gasteiger charge is -2.08. The van der Waals surface area contributed by atoms with Crippen molar-refractivity contribution in [2.24, 2.45) is 0 Å². The Morgan fingerprint density at radius 2 is 1.92 bits per heavy atom. The van der Waals surface area contributed by atoms with Gasteiger partial charge in [0.15, 0.2) is 0 Å². The molecule has 1 N–H and O–H groups in total. The monoisotopic (exact) mass is 321 g/mol. The molecule has 0 aliphatic heterocycles. The second-order valence-electron chi connectivity index (χ2n) is 5.62. The van der Waals surface area contributed by atoms with Crippen LogP contribution in [-0.4, -0.2) is 32.7 Å². The van der Waals surface area contributed by atoms with Gasteiger partial charge in [-0.1, -0.05) is 36.4 Å². The summed E-state index contributed by atoms with van der Waals surface area (Å²) in [5, 5.41) is 14.0. The van der Waals surface area contributed by atoms with Crippen LogP contribution in [0.3, 0.4) is 0 Å². The quantitative estimate of drug-likeness (QED) is 0.752. The van der Waals surface area contributed by atoms with E-state index in [0.717, 1.165) is 17.7 Å². The second kappa shape index (κ2) is 7.50. The van der Waals surface area contributed by atoms with E-state index in [1.54, 1.807) is 4.68 Å². The highest BCUT2D eigenvalue weighted by atomic mass is 16.1. The number of hydrogen-bond donors (Lipinski definition) is 1. The zero-order chi connectivity index (χ0) is 16.8. The maximum atomic E-state index is 12.1. The van der Waals surface area contributed by atoms with Gasteiger partial charge in [-0.2, -0.15) is 0 Å². The summed E-state index contributed by atoms with van der Waals surface area (Å²) in [7, 11) is 0. The first kappa shape index (κ1) is 15.9. The van der Waals surface area contributed by atoms with E-state index < -0.39 is 0 Å². The SMILES string of the molecule is Cc1ccccc1CCNC(=O)Cc1ccc(-n2cnnn2)cc1. The lowest BCUT2D eigenvalue weighted by molar-refractivity contribution is -0.120. The summed E-state index contributed by atoms with van der Waals surface area (Å²) in [6.07, 6.45) is 2.74. The predicted molar refractivity (Wildman–Crippen MR) is 90.8 cm³/mol. The van der Waals surface area contributed by atoms with Gasteiger partial charge in [0.05, 0.1) is 12.1 Å². The van der Waals surface area contributed by atoms with Crippen molar-refractivity contribution in [2.75, 3.05) is 6.54 Å². The number of carbonyl (C=O) groups is 1. The number of nitrogens with zero attached hydrogens (tertiary/aromatic N) is 4. The van der Waals surface area contributed by atoms with E-state index in [-0.39, 0.29) is 5.91 Å². The minimum absolute atomic E-state index is 0.0266. The van der Waals surface area contributed by atoms with Gasteiger partial charge in [-0.25, -0.2) is 4.68 Å². The van der Waals surface area contributed by atoms with E-state index in [0.29, 0.717) is 13.0 Å². The topological polar surface area (TPSA) is 72.7 Å². The van der Waals surface area contributed by atoms with Crippen molar-refractivity contribution in [2.45, 2.75) is 19.8 Å². The van der Waals surface area contributed by atoms with Crippen LogP contribution in [0, 0.1) is 6.92 Å².